The van der Waals surface area contributed by atoms with E-state index in [4.69, 9.17) is 4.74 Å². The first-order chi connectivity index (χ1) is 10.1. The van der Waals surface area contributed by atoms with E-state index in [1.54, 1.807) is 0 Å². The molecule has 0 aliphatic carbocycles. The van der Waals surface area contributed by atoms with Gasteiger partial charge in [0.05, 0.1) is 18.2 Å². The predicted molar refractivity (Wildman–Crippen MR) is 82.0 cm³/mol. The topological polar surface area (TPSA) is 58.6 Å². The number of nitrogens with one attached hydrogen (secondary N) is 1. The Kier molecular flexibility index (Phi) is 6.21. The third-order valence-electron chi connectivity index (χ3n) is 3.97. The number of hydrogen-bond donors (Lipinski definition) is 2. The molecule has 0 radical (unpaired) electrons. The van der Waals surface area contributed by atoms with Crippen LogP contribution in [0.4, 0.5) is 0 Å². The van der Waals surface area contributed by atoms with E-state index in [9.17, 15) is 9.90 Å². The van der Waals surface area contributed by atoms with Crippen molar-refractivity contribution >= 4 is 5.91 Å². The van der Waals surface area contributed by atoms with Crippen LogP contribution in [0.5, 0.6) is 0 Å². The van der Waals surface area contributed by atoms with Gasteiger partial charge in [0.15, 0.2) is 0 Å². The maximum absolute atomic E-state index is 11.9. The second kappa shape index (κ2) is 8.15. The maximum Gasteiger partial charge on any atom is 0.220 e. The summed E-state index contributed by atoms with van der Waals surface area (Å²) in [7, 11) is 0. The van der Waals surface area contributed by atoms with Crippen molar-refractivity contribution in [1.29, 1.82) is 0 Å². The van der Waals surface area contributed by atoms with Crippen molar-refractivity contribution in [2.45, 2.75) is 57.3 Å². The molecule has 1 fully saturated rings. The van der Waals surface area contributed by atoms with E-state index in [2.05, 4.69) is 5.32 Å². The van der Waals surface area contributed by atoms with E-state index in [-0.39, 0.29) is 18.1 Å². The molecule has 0 aromatic heterocycles. The number of carbonyl (C=O) groups is 1. The highest BCUT2D eigenvalue weighted by molar-refractivity contribution is 5.76. The molecule has 2 N–H and O–H groups in total. The highest BCUT2D eigenvalue weighted by atomic mass is 16.5. The van der Waals surface area contributed by atoms with Crippen molar-refractivity contribution in [3.63, 3.8) is 0 Å². The molecule has 21 heavy (non-hydrogen) atoms. The van der Waals surface area contributed by atoms with Gasteiger partial charge in [0.2, 0.25) is 5.91 Å². The number of carbonyl (C=O) groups excluding carboxylic acids is 1. The van der Waals surface area contributed by atoms with E-state index in [0.717, 1.165) is 31.4 Å². The zero-order chi connectivity index (χ0) is 15.1. The number of aliphatic hydroxyl groups is 1. The van der Waals surface area contributed by atoms with E-state index in [1.807, 2.05) is 37.3 Å². The van der Waals surface area contributed by atoms with Crippen LogP contribution >= 0.6 is 0 Å². The molecule has 1 aliphatic rings. The maximum atomic E-state index is 11.9. The molecule has 116 valence electrons. The SMILES string of the molecule is CC(NC(=O)CCC1CCCO1)C(O)Cc1ccccc1. The molecule has 1 heterocycles. The molecule has 0 spiro atoms. The van der Waals surface area contributed by atoms with Crippen LogP contribution < -0.4 is 5.32 Å². The molecule has 0 bridgehead atoms. The van der Waals surface area contributed by atoms with Crippen LogP contribution in [0, 0.1) is 0 Å². The van der Waals surface area contributed by atoms with Crippen LogP contribution in [0.1, 0.15) is 38.2 Å². The summed E-state index contributed by atoms with van der Waals surface area (Å²) in [6.07, 6.45) is 3.60. The number of aliphatic hydroxyl groups excluding tert-OH is 1. The Morgan fingerprint density at radius 2 is 2.19 bits per heavy atom. The van der Waals surface area contributed by atoms with Crippen LogP contribution in [-0.4, -0.2) is 35.9 Å². The van der Waals surface area contributed by atoms with Gasteiger partial charge in [0, 0.05) is 19.4 Å². The Morgan fingerprint density at radius 3 is 2.86 bits per heavy atom. The van der Waals surface area contributed by atoms with Gasteiger partial charge in [0.1, 0.15) is 0 Å². The third-order valence-corrected chi connectivity index (χ3v) is 3.97. The summed E-state index contributed by atoms with van der Waals surface area (Å²) in [6, 6.07) is 9.57. The lowest BCUT2D eigenvalue weighted by molar-refractivity contribution is -0.123. The van der Waals surface area contributed by atoms with Gasteiger partial charge in [0.25, 0.3) is 0 Å². The minimum absolute atomic E-state index is 0.00916. The first-order valence-electron chi connectivity index (χ1n) is 7.78. The predicted octanol–water partition coefficient (Wildman–Crippen LogP) is 2.05. The van der Waals surface area contributed by atoms with E-state index in [0.29, 0.717) is 12.8 Å². The summed E-state index contributed by atoms with van der Waals surface area (Å²) in [4.78, 5) is 11.9. The third kappa shape index (κ3) is 5.48. The summed E-state index contributed by atoms with van der Waals surface area (Å²) < 4.78 is 5.51. The fraction of sp³-hybridized carbons (Fsp3) is 0.588. The number of hydrogen-bond acceptors (Lipinski definition) is 3. The van der Waals surface area contributed by atoms with Gasteiger partial charge in [-0.15, -0.1) is 0 Å². The zero-order valence-electron chi connectivity index (χ0n) is 12.6. The molecule has 1 aliphatic heterocycles. The lowest BCUT2D eigenvalue weighted by Gasteiger charge is -2.20. The molecule has 0 saturated carbocycles. The zero-order valence-corrected chi connectivity index (χ0v) is 12.6. The van der Waals surface area contributed by atoms with Gasteiger partial charge >= 0.3 is 0 Å². The van der Waals surface area contributed by atoms with Crippen molar-refractivity contribution < 1.29 is 14.6 Å². The lowest BCUT2D eigenvalue weighted by atomic mass is 10.0. The Bertz CT molecular complexity index is 429. The molecule has 4 nitrogen and oxygen atoms in total. The standard InChI is InChI=1S/C17H25NO3/c1-13(16(19)12-14-6-3-2-4-7-14)18-17(20)10-9-15-8-5-11-21-15/h2-4,6-7,13,15-16,19H,5,8-12H2,1H3,(H,18,20). The van der Waals surface area contributed by atoms with Gasteiger partial charge < -0.3 is 15.2 Å². The van der Waals surface area contributed by atoms with E-state index < -0.39 is 6.10 Å². The van der Waals surface area contributed by atoms with E-state index in [1.165, 1.54) is 0 Å². The first-order valence-corrected chi connectivity index (χ1v) is 7.78. The largest absolute Gasteiger partial charge is 0.391 e. The van der Waals surface area contributed by atoms with Gasteiger partial charge in [-0.25, -0.2) is 0 Å². The second-order valence-corrected chi connectivity index (χ2v) is 5.79. The number of ether oxygens (including phenoxy) is 1. The Morgan fingerprint density at radius 1 is 1.43 bits per heavy atom. The summed E-state index contributed by atoms with van der Waals surface area (Å²) >= 11 is 0. The van der Waals surface area contributed by atoms with Gasteiger partial charge in [-0.05, 0) is 31.7 Å². The molecule has 1 aromatic rings. The van der Waals surface area contributed by atoms with Crippen LogP contribution in [0.15, 0.2) is 30.3 Å². The molecule has 1 saturated heterocycles. The molecule has 4 heteroatoms. The molecule has 1 amide bonds. The molecular weight excluding hydrogens is 266 g/mol. The van der Waals surface area contributed by atoms with Crippen LogP contribution in [0.3, 0.4) is 0 Å². The monoisotopic (exact) mass is 291 g/mol. The van der Waals surface area contributed by atoms with Gasteiger partial charge in [-0.3, -0.25) is 4.79 Å². The fourth-order valence-electron chi connectivity index (χ4n) is 2.62. The smallest absolute Gasteiger partial charge is 0.220 e. The summed E-state index contributed by atoms with van der Waals surface area (Å²) in [6.45, 7) is 2.66. The first kappa shape index (κ1) is 16.0. The molecule has 3 unspecified atom stereocenters. The van der Waals surface area contributed by atoms with Crippen molar-refractivity contribution in [3.05, 3.63) is 35.9 Å². The van der Waals surface area contributed by atoms with Gasteiger partial charge in [-0.2, -0.15) is 0 Å². The quantitative estimate of drug-likeness (QED) is 0.808. The number of amides is 1. The molecular formula is C17H25NO3. The Hall–Kier alpha value is -1.39. The Balaban J connectivity index is 1.69. The average Bonchev–Trinajstić information content (AvgIpc) is 2.99. The van der Waals surface area contributed by atoms with Crippen molar-refractivity contribution in [2.24, 2.45) is 0 Å². The lowest BCUT2D eigenvalue weighted by Crippen LogP contribution is -2.42. The average molecular weight is 291 g/mol. The Labute approximate surface area is 126 Å². The van der Waals surface area contributed by atoms with Crippen molar-refractivity contribution in [2.75, 3.05) is 6.61 Å². The minimum atomic E-state index is -0.570. The highest BCUT2D eigenvalue weighted by Gasteiger charge is 2.19. The summed E-state index contributed by atoms with van der Waals surface area (Å²) in [5.74, 6) is -0.00916. The fourth-order valence-corrected chi connectivity index (χ4v) is 2.62. The minimum Gasteiger partial charge on any atom is -0.391 e. The second-order valence-electron chi connectivity index (χ2n) is 5.79. The highest BCUT2D eigenvalue weighted by Crippen LogP contribution is 2.16. The molecule has 2 rings (SSSR count). The summed E-state index contributed by atoms with van der Waals surface area (Å²) in [5, 5.41) is 13.0. The normalized spacial score (nSPS) is 21.0. The number of rotatable bonds is 7. The molecule has 1 aromatic carbocycles. The van der Waals surface area contributed by atoms with E-state index >= 15 is 0 Å². The van der Waals surface area contributed by atoms with Crippen molar-refractivity contribution in [1.82, 2.24) is 5.32 Å². The van der Waals surface area contributed by atoms with Crippen LogP contribution in [-0.2, 0) is 16.0 Å². The molecule has 3 atom stereocenters. The van der Waals surface area contributed by atoms with Crippen molar-refractivity contribution in [3.8, 4) is 0 Å². The van der Waals surface area contributed by atoms with Crippen LogP contribution in [0.25, 0.3) is 0 Å². The van der Waals surface area contributed by atoms with Gasteiger partial charge in [-0.1, -0.05) is 30.3 Å². The summed E-state index contributed by atoms with van der Waals surface area (Å²) in [5.41, 5.74) is 1.07. The number of benzene rings is 1. The van der Waals surface area contributed by atoms with Crippen LogP contribution in [0.2, 0.25) is 0 Å².